The van der Waals surface area contributed by atoms with Crippen molar-refractivity contribution < 1.29 is 0 Å². The van der Waals surface area contributed by atoms with Gasteiger partial charge in [-0.1, -0.05) is 67.5 Å². The van der Waals surface area contributed by atoms with E-state index in [1.54, 1.807) is 0 Å². The number of hydrogen-bond acceptors (Lipinski definition) is 2. The molecule has 0 aliphatic carbocycles. The zero-order chi connectivity index (χ0) is 14.7. The molecule has 3 rings (SSSR count). The molecule has 1 aliphatic heterocycles. The third-order valence-electron chi connectivity index (χ3n) is 4.39. The quantitative estimate of drug-likeness (QED) is 0.867. The Morgan fingerprint density at radius 3 is 2.33 bits per heavy atom. The fourth-order valence-corrected chi connectivity index (χ4v) is 3.65. The number of nitrogens with two attached hydrogens (primary N) is 1. The Labute approximate surface area is 131 Å². The Hall–Kier alpha value is -1.45. The van der Waals surface area contributed by atoms with Crippen LogP contribution in [0.3, 0.4) is 0 Å². The predicted molar refractivity (Wildman–Crippen MR) is 93.5 cm³/mol. The fraction of sp³-hybridized carbons (Fsp3) is 0.389. The lowest BCUT2D eigenvalue weighted by Gasteiger charge is -2.31. The summed E-state index contributed by atoms with van der Waals surface area (Å²) in [7, 11) is 0. The van der Waals surface area contributed by atoms with E-state index in [9.17, 15) is 0 Å². The maximum Gasteiger partial charge on any atom is 0.0948 e. The van der Waals surface area contributed by atoms with E-state index in [4.69, 9.17) is 18.0 Å². The topological polar surface area (TPSA) is 29.3 Å². The molecule has 1 atom stereocenters. The Kier molecular flexibility index (Phi) is 4.51. The molecule has 110 valence electrons. The second-order valence-corrected chi connectivity index (χ2v) is 6.29. The van der Waals surface area contributed by atoms with Crippen LogP contribution in [-0.4, -0.2) is 23.0 Å². The van der Waals surface area contributed by atoms with Gasteiger partial charge in [-0.25, -0.2) is 0 Å². The van der Waals surface area contributed by atoms with E-state index in [1.807, 2.05) is 0 Å². The first-order chi connectivity index (χ1) is 10.3. The van der Waals surface area contributed by atoms with Gasteiger partial charge < -0.3 is 5.73 Å². The van der Waals surface area contributed by atoms with Gasteiger partial charge in [0.25, 0.3) is 0 Å². The van der Waals surface area contributed by atoms with E-state index in [0.29, 0.717) is 4.99 Å². The minimum Gasteiger partial charge on any atom is -0.392 e. The highest BCUT2D eigenvalue weighted by molar-refractivity contribution is 7.80. The van der Waals surface area contributed by atoms with Gasteiger partial charge in [0.15, 0.2) is 0 Å². The van der Waals surface area contributed by atoms with E-state index < -0.39 is 0 Å². The first-order valence-corrected chi connectivity index (χ1v) is 8.19. The Morgan fingerprint density at radius 2 is 1.62 bits per heavy atom. The summed E-state index contributed by atoms with van der Waals surface area (Å²) in [5.74, 6) is 0. The number of hydrogen-bond donors (Lipinski definition) is 1. The predicted octanol–water partition coefficient (Wildman–Crippen LogP) is 4.04. The highest BCUT2D eigenvalue weighted by Gasteiger charge is 2.25. The molecule has 1 saturated heterocycles. The van der Waals surface area contributed by atoms with Crippen molar-refractivity contribution in [3.8, 4) is 0 Å². The molecule has 1 unspecified atom stereocenters. The van der Waals surface area contributed by atoms with E-state index in [1.165, 1.54) is 42.0 Å². The lowest BCUT2D eigenvalue weighted by atomic mass is 9.97. The van der Waals surface area contributed by atoms with Crippen molar-refractivity contribution in [3.63, 3.8) is 0 Å². The molecule has 0 aromatic heterocycles. The highest BCUT2D eigenvalue weighted by atomic mass is 32.1. The molecule has 1 fully saturated rings. The molecule has 2 aromatic rings. The van der Waals surface area contributed by atoms with Gasteiger partial charge in [0.2, 0.25) is 0 Å². The summed E-state index contributed by atoms with van der Waals surface area (Å²) in [4.78, 5) is 3.06. The van der Waals surface area contributed by atoms with Crippen LogP contribution in [0.4, 0.5) is 0 Å². The number of nitrogens with zero attached hydrogens (tertiary/aromatic N) is 1. The fourth-order valence-electron chi connectivity index (χ4n) is 3.37. The molecule has 0 radical (unpaired) electrons. The first-order valence-electron chi connectivity index (χ1n) is 7.78. The van der Waals surface area contributed by atoms with Gasteiger partial charge in [-0.3, -0.25) is 4.90 Å². The standard InChI is InChI=1S/C18H22N2S/c19-18(21)17(20-12-5-1-2-6-13-20)16-11-7-9-14-8-3-4-10-15(14)16/h3-4,7-11,17H,1-2,5-6,12-13H2,(H2,19,21). The van der Waals surface area contributed by atoms with Crippen LogP contribution < -0.4 is 5.73 Å². The van der Waals surface area contributed by atoms with Crippen molar-refractivity contribution in [3.05, 3.63) is 48.0 Å². The van der Waals surface area contributed by atoms with Crippen LogP contribution in [-0.2, 0) is 0 Å². The Bertz CT molecular complexity index is 625. The van der Waals surface area contributed by atoms with E-state index >= 15 is 0 Å². The van der Waals surface area contributed by atoms with Crippen molar-refractivity contribution in [2.75, 3.05) is 13.1 Å². The molecule has 3 heteroatoms. The zero-order valence-electron chi connectivity index (χ0n) is 12.3. The maximum atomic E-state index is 6.13. The smallest absolute Gasteiger partial charge is 0.0948 e. The van der Waals surface area contributed by atoms with E-state index in [-0.39, 0.29) is 6.04 Å². The average Bonchev–Trinajstić information content (AvgIpc) is 2.77. The van der Waals surface area contributed by atoms with Crippen molar-refractivity contribution in [1.29, 1.82) is 0 Å². The number of rotatable bonds is 3. The van der Waals surface area contributed by atoms with E-state index in [2.05, 4.69) is 47.4 Å². The molecule has 2 aromatic carbocycles. The van der Waals surface area contributed by atoms with Crippen molar-refractivity contribution >= 4 is 28.0 Å². The second kappa shape index (κ2) is 6.54. The molecule has 1 heterocycles. The van der Waals surface area contributed by atoms with Gasteiger partial charge >= 0.3 is 0 Å². The van der Waals surface area contributed by atoms with Crippen molar-refractivity contribution in [2.45, 2.75) is 31.7 Å². The maximum absolute atomic E-state index is 6.13. The van der Waals surface area contributed by atoms with Crippen LogP contribution in [0, 0.1) is 0 Å². The molecular weight excluding hydrogens is 276 g/mol. The van der Waals surface area contributed by atoms with Crippen LogP contribution in [0.5, 0.6) is 0 Å². The molecule has 1 aliphatic rings. The third-order valence-corrected chi connectivity index (χ3v) is 4.62. The first kappa shape index (κ1) is 14.5. The number of benzene rings is 2. The normalized spacial score (nSPS) is 18.3. The highest BCUT2D eigenvalue weighted by Crippen LogP contribution is 2.30. The molecule has 2 nitrogen and oxygen atoms in total. The lowest BCUT2D eigenvalue weighted by Crippen LogP contribution is -2.37. The van der Waals surface area contributed by atoms with Gasteiger partial charge in [0.05, 0.1) is 11.0 Å². The summed E-state index contributed by atoms with van der Waals surface area (Å²) in [5.41, 5.74) is 7.38. The van der Waals surface area contributed by atoms with Gasteiger partial charge in [-0.2, -0.15) is 0 Å². The Morgan fingerprint density at radius 1 is 0.952 bits per heavy atom. The minimum absolute atomic E-state index is 0.0594. The van der Waals surface area contributed by atoms with E-state index in [0.717, 1.165) is 13.1 Å². The van der Waals surface area contributed by atoms with Crippen LogP contribution in [0.2, 0.25) is 0 Å². The zero-order valence-corrected chi connectivity index (χ0v) is 13.1. The largest absolute Gasteiger partial charge is 0.392 e. The minimum atomic E-state index is 0.0594. The molecule has 0 amide bonds. The summed E-state index contributed by atoms with van der Waals surface area (Å²) in [6.07, 6.45) is 5.11. The molecule has 0 spiro atoms. The van der Waals surface area contributed by atoms with Crippen molar-refractivity contribution in [2.24, 2.45) is 5.73 Å². The molecule has 0 saturated carbocycles. The molecule has 0 bridgehead atoms. The monoisotopic (exact) mass is 298 g/mol. The summed E-state index contributed by atoms with van der Waals surface area (Å²) >= 11 is 5.42. The number of thiocarbonyl (C=S) groups is 1. The van der Waals surface area contributed by atoms with Gasteiger partial charge in [0.1, 0.15) is 0 Å². The van der Waals surface area contributed by atoms with Crippen LogP contribution in [0.1, 0.15) is 37.3 Å². The average molecular weight is 298 g/mol. The van der Waals surface area contributed by atoms with Crippen LogP contribution in [0.25, 0.3) is 10.8 Å². The lowest BCUT2D eigenvalue weighted by molar-refractivity contribution is 0.256. The van der Waals surface area contributed by atoms with Gasteiger partial charge in [-0.15, -0.1) is 0 Å². The SMILES string of the molecule is NC(=S)C(c1cccc2ccccc12)N1CCCCCC1. The molecular formula is C18H22N2S. The second-order valence-electron chi connectivity index (χ2n) is 5.82. The summed E-state index contributed by atoms with van der Waals surface area (Å²) in [6.45, 7) is 2.18. The summed E-state index contributed by atoms with van der Waals surface area (Å²) in [6, 6.07) is 15.0. The van der Waals surface area contributed by atoms with Gasteiger partial charge in [-0.05, 0) is 42.3 Å². The Balaban J connectivity index is 2.05. The molecule has 2 N–H and O–H groups in total. The van der Waals surface area contributed by atoms with Gasteiger partial charge in [0, 0.05) is 0 Å². The molecule has 21 heavy (non-hydrogen) atoms. The third kappa shape index (κ3) is 3.09. The van der Waals surface area contributed by atoms with Crippen LogP contribution in [0.15, 0.2) is 42.5 Å². The summed E-state index contributed by atoms with van der Waals surface area (Å²) in [5, 5.41) is 2.52. The van der Waals surface area contributed by atoms with Crippen molar-refractivity contribution in [1.82, 2.24) is 4.90 Å². The number of fused-ring (bicyclic) bond motifs is 1. The summed E-state index contributed by atoms with van der Waals surface area (Å²) < 4.78 is 0. The number of likely N-dealkylation sites (tertiary alicyclic amines) is 1. The van der Waals surface area contributed by atoms with Crippen LogP contribution >= 0.6 is 12.2 Å².